The van der Waals surface area contributed by atoms with Gasteiger partial charge in [0, 0.05) is 39.3 Å². The fourth-order valence-electron chi connectivity index (χ4n) is 2.45. The van der Waals surface area contributed by atoms with E-state index in [1.165, 1.54) is 12.5 Å². The fraction of sp³-hybridized carbons (Fsp3) is 0.533. The zero-order valence-electron chi connectivity index (χ0n) is 11.8. The summed E-state index contributed by atoms with van der Waals surface area (Å²) in [6, 6.07) is 10.3. The minimum absolute atomic E-state index is 0.182. The first kappa shape index (κ1) is 15.0. The number of hydrogen-bond donors (Lipinski definition) is 2. The molecule has 2 rings (SSSR count). The van der Waals surface area contributed by atoms with Gasteiger partial charge < -0.3 is 10.2 Å². The maximum Gasteiger partial charge on any atom is 0.336 e. The van der Waals surface area contributed by atoms with Crippen LogP contribution in [0, 0.1) is 0 Å². The van der Waals surface area contributed by atoms with E-state index in [9.17, 15) is 9.90 Å². The Labute approximate surface area is 119 Å². The van der Waals surface area contributed by atoms with Crippen LogP contribution in [0.5, 0.6) is 0 Å². The Kier molecular flexibility index (Phi) is 4.75. The summed E-state index contributed by atoms with van der Waals surface area (Å²) in [4.78, 5) is 15.3. The van der Waals surface area contributed by atoms with Gasteiger partial charge in [0.25, 0.3) is 0 Å². The summed E-state index contributed by atoms with van der Waals surface area (Å²) in [5, 5.41) is 18.7. The molecule has 1 saturated heterocycles. The van der Waals surface area contributed by atoms with E-state index in [1.54, 1.807) is 0 Å². The Morgan fingerprint density at radius 2 is 1.70 bits per heavy atom. The summed E-state index contributed by atoms with van der Waals surface area (Å²) < 4.78 is 0. The van der Waals surface area contributed by atoms with Gasteiger partial charge in [0.2, 0.25) is 0 Å². The Bertz CT molecular complexity index is 440. The molecule has 0 aliphatic carbocycles. The van der Waals surface area contributed by atoms with Crippen LogP contribution in [-0.4, -0.2) is 64.3 Å². The van der Waals surface area contributed by atoms with Gasteiger partial charge in [0.15, 0.2) is 5.60 Å². The molecular formula is C15H22N2O3. The smallest absolute Gasteiger partial charge is 0.336 e. The van der Waals surface area contributed by atoms with E-state index < -0.39 is 11.6 Å². The van der Waals surface area contributed by atoms with Crippen molar-refractivity contribution in [2.75, 3.05) is 32.7 Å². The van der Waals surface area contributed by atoms with Crippen molar-refractivity contribution in [3.05, 3.63) is 35.9 Å². The number of piperazine rings is 1. The van der Waals surface area contributed by atoms with Crippen LogP contribution in [0.25, 0.3) is 0 Å². The SMILES string of the molecule is CC(O)(CN1CCN(Cc2ccccc2)CC1)C(=O)O. The van der Waals surface area contributed by atoms with Gasteiger partial charge in [0.05, 0.1) is 0 Å². The highest BCUT2D eigenvalue weighted by Gasteiger charge is 2.33. The second-order valence-electron chi connectivity index (χ2n) is 5.62. The van der Waals surface area contributed by atoms with Gasteiger partial charge in [-0.05, 0) is 12.5 Å². The number of carboxylic acid groups (broad SMARTS) is 1. The van der Waals surface area contributed by atoms with Gasteiger partial charge in [-0.15, -0.1) is 0 Å². The van der Waals surface area contributed by atoms with E-state index in [2.05, 4.69) is 17.0 Å². The van der Waals surface area contributed by atoms with Crippen molar-refractivity contribution in [3.8, 4) is 0 Å². The lowest BCUT2D eigenvalue weighted by Crippen LogP contribution is -2.53. The van der Waals surface area contributed by atoms with Crippen molar-refractivity contribution in [2.24, 2.45) is 0 Å². The molecule has 1 atom stereocenters. The highest BCUT2D eigenvalue weighted by Crippen LogP contribution is 2.12. The van der Waals surface area contributed by atoms with Crippen LogP contribution in [0.3, 0.4) is 0 Å². The van der Waals surface area contributed by atoms with E-state index in [-0.39, 0.29) is 6.54 Å². The van der Waals surface area contributed by atoms with Crippen LogP contribution in [0.1, 0.15) is 12.5 Å². The second kappa shape index (κ2) is 6.35. The average molecular weight is 278 g/mol. The first-order valence-electron chi connectivity index (χ1n) is 6.92. The zero-order chi connectivity index (χ0) is 14.6. The molecule has 1 aliphatic heterocycles. The van der Waals surface area contributed by atoms with Crippen LogP contribution < -0.4 is 0 Å². The molecule has 1 aromatic carbocycles. The zero-order valence-corrected chi connectivity index (χ0v) is 11.8. The number of rotatable bonds is 5. The Hall–Kier alpha value is -1.43. The van der Waals surface area contributed by atoms with Crippen molar-refractivity contribution >= 4 is 5.97 Å². The fourth-order valence-corrected chi connectivity index (χ4v) is 2.45. The molecule has 1 heterocycles. The molecule has 0 radical (unpaired) electrons. The summed E-state index contributed by atoms with van der Waals surface area (Å²) in [6.07, 6.45) is 0. The van der Waals surface area contributed by atoms with Crippen LogP contribution >= 0.6 is 0 Å². The largest absolute Gasteiger partial charge is 0.479 e. The molecule has 1 unspecified atom stereocenters. The quantitative estimate of drug-likeness (QED) is 0.827. The van der Waals surface area contributed by atoms with Gasteiger partial charge in [-0.1, -0.05) is 30.3 Å². The van der Waals surface area contributed by atoms with Crippen molar-refractivity contribution in [2.45, 2.75) is 19.1 Å². The molecule has 110 valence electrons. The number of hydrogen-bond acceptors (Lipinski definition) is 4. The van der Waals surface area contributed by atoms with Crippen LogP contribution in [0.15, 0.2) is 30.3 Å². The third kappa shape index (κ3) is 4.03. The van der Waals surface area contributed by atoms with E-state index in [0.29, 0.717) is 0 Å². The van der Waals surface area contributed by atoms with Gasteiger partial charge in [0.1, 0.15) is 0 Å². The van der Waals surface area contributed by atoms with Gasteiger partial charge in [-0.2, -0.15) is 0 Å². The molecule has 5 nitrogen and oxygen atoms in total. The summed E-state index contributed by atoms with van der Waals surface area (Å²) in [6.45, 7) is 5.82. The molecule has 0 bridgehead atoms. The molecule has 0 spiro atoms. The summed E-state index contributed by atoms with van der Waals surface area (Å²) in [7, 11) is 0. The molecule has 20 heavy (non-hydrogen) atoms. The minimum Gasteiger partial charge on any atom is -0.479 e. The Morgan fingerprint density at radius 1 is 1.15 bits per heavy atom. The van der Waals surface area contributed by atoms with Crippen molar-refractivity contribution in [1.29, 1.82) is 0 Å². The van der Waals surface area contributed by atoms with Crippen LogP contribution in [0.4, 0.5) is 0 Å². The molecule has 0 amide bonds. The van der Waals surface area contributed by atoms with E-state index in [0.717, 1.165) is 32.7 Å². The maximum absolute atomic E-state index is 10.9. The third-order valence-electron chi connectivity index (χ3n) is 3.71. The monoisotopic (exact) mass is 278 g/mol. The molecule has 1 fully saturated rings. The molecule has 0 aromatic heterocycles. The van der Waals surface area contributed by atoms with E-state index in [1.807, 2.05) is 23.1 Å². The molecule has 5 heteroatoms. The van der Waals surface area contributed by atoms with Gasteiger partial charge in [-0.25, -0.2) is 4.79 Å². The number of aliphatic hydroxyl groups is 1. The number of nitrogens with zero attached hydrogens (tertiary/aromatic N) is 2. The first-order chi connectivity index (χ1) is 9.47. The predicted octanol–water partition coefficient (Wildman–Crippen LogP) is 0.640. The van der Waals surface area contributed by atoms with Crippen LogP contribution in [-0.2, 0) is 11.3 Å². The molecule has 0 saturated carbocycles. The second-order valence-corrected chi connectivity index (χ2v) is 5.62. The molecule has 2 N–H and O–H groups in total. The van der Waals surface area contributed by atoms with Crippen molar-refractivity contribution in [1.82, 2.24) is 9.80 Å². The van der Waals surface area contributed by atoms with Crippen molar-refractivity contribution in [3.63, 3.8) is 0 Å². The molecular weight excluding hydrogens is 256 g/mol. The number of carbonyl (C=O) groups is 1. The third-order valence-corrected chi connectivity index (χ3v) is 3.71. The Balaban J connectivity index is 1.79. The lowest BCUT2D eigenvalue weighted by molar-refractivity contribution is -0.158. The minimum atomic E-state index is -1.67. The summed E-state index contributed by atoms with van der Waals surface area (Å²) >= 11 is 0. The number of aliphatic carboxylic acids is 1. The average Bonchev–Trinajstić information content (AvgIpc) is 2.42. The van der Waals surface area contributed by atoms with Crippen LogP contribution in [0.2, 0.25) is 0 Å². The summed E-state index contributed by atoms with van der Waals surface area (Å²) in [5.41, 5.74) is -0.375. The van der Waals surface area contributed by atoms with Crippen molar-refractivity contribution < 1.29 is 15.0 Å². The highest BCUT2D eigenvalue weighted by molar-refractivity contribution is 5.76. The Morgan fingerprint density at radius 3 is 2.25 bits per heavy atom. The highest BCUT2D eigenvalue weighted by atomic mass is 16.4. The van der Waals surface area contributed by atoms with Gasteiger partial charge >= 0.3 is 5.97 Å². The lowest BCUT2D eigenvalue weighted by atomic mass is 10.1. The van der Waals surface area contributed by atoms with E-state index in [4.69, 9.17) is 5.11 Å². The topological polar surface area (TPSA) is 64.0 Å². The predicted molar refractivity (Wildman–Crippen MR) is 76.4 cm³/mol. The molecule has 1 aromatic rings. The lowest BCUT2D eigenvalue weighted by Gasteiger charge is -2.37. The van der Waals surface area contributed by atoms with E-state index >= 15 is 0 Å². The number of β-amino-alcohol motifs (C(OH)–C–C–N with tert-alkyl or cyclic N) is 1. The normalized spacial score (nSPS) is 20.5. The first-order valence-corrected chi connectivity index (χ1v) is 6.92. The number of carboxylic acids is 1. The summed E-state index contributed by atoms with van der Waals surface area (Å²) in [5.74, 6) is -1.16. The maximum atomic E-state index is 10.9. The standard InChI is InChI=1S/C15H22N2O3/c1-15(20,14(18)19)12-17-9-7-16(8-10-17)11-13-5-3-2-4-6-13/h2-6,20H,7-12H2,1H3,(H,18,19). The molecule has 1 aliphatic rings. The number of benzene rings is 1. The van der Waals surface area contributed by atoms with Gasteiger partial charge in [-0.3, -0.25) is 9.80 Å².